The van der Waals surface area contributed by atoms with Gasteiger partial charge in [-0.2, -0.15) is 5.10 Å². The minimum Gasteiger partial charge on any atom is -0.506 e. The Balaban J connectivity index is 2.03. The number of rotatable bonds is 2. The summed E-state index contributed by atoms with van der Waals surface area (Å²) >= 11 is 0. The standard InChI is InChI=1S/C13H17N3O/c1-9-11-3-2-4-12(17)13(11)16(15-9)8-10-5-6-14-7-10/h2-4,10,14,17H,5-8H2,1H3. The van der Waals surface area contributed by atoms with Gasteiger partial charge in [0.15, 0.2) is 0 Å². The third-order valence-electron chi connectivity index (χ3n) is 3.53. The van der Waals surface area contributed by atoms with Crippen LogP contribution in [0.25, 0.3) is 10.9 Å². The zero-order valence-electron chi connectivity index (χ0n) is 9.98. The first-order valence-electron chi connectivity index (χ1n) is 6.11. The molecule has 2 N–H and O–H groups in total. The van der Waals surface area contributed by atoms with E-state index in [0.717, 1.165) is 36.2 Å². The van der Waals surface area contributed by atoms with Crippen LogP contribution in [0.4, 0.5) is 0 Å². The lowest BCUT2D eigenvalue weighted by Crippen LogP contribution is -2.15. The molecule has 17 heavy (non-hydrogen) atoms. The van der Waals surface area contributed by atoms with Crippen molar-refractivity contribution in [2.45, 2.75) is 19.9 Å². The van der Waals surface area contributed by atoms with Crippen molar-refractivity contribution < 1.29 is 5.11 Å². The summed E-state index contributed by atoms with van der Waals surface area (Å²) in [6.07, 6.45) is 1.19. The van der Waals surface area contributed by atoms with Gasteiger partial charge in [0.05, 0.1) is 5.69 Å². The van der Waals surface area contributed by atoms with E-state index in [1.807, 2.05) is 23.7 Å². The molecule has 0 aliphatic carbocycles. The molecule has 0 amide bonds. The molecular formula is C13H17N3O. The summed E-state index contributed by atoms with van der Waals surface area (Å²) in [6.45, 7) is 5.02. The average molecular weight is 231 g/mol. The maximum atomic E-state index is 9.96. The number of aryl methyl sites for hydroxylation is 1. The first kappa shape index (κ1) is 10.6. The highest BCUT2D eigenvalue weighted by Gasteiger charge is 2.18. The molecule has 4 heteroatoms. The van der Waals surface area contributed by atoms with Crippen LogP contribution in [-0.4, -0.2) is 28.0 Å². The van der Waals surface area contributed by atoms with Crippen molar-refractivity contribution in [3.05, 3.63) is 23.9 Å². The molecule has 0 bridgehead atoms. The van der Waals surface area contributed by atoms with Crippen molar-refractivity contribution in [2.24, 2.45) is 5.92 Å². The molecule has 1 aliphatic heterocycles. The number of fused-ring (bicyclic) bond motifs is 1. The molecule has 0 spiro atoms. The topological polar surface area (TPSA) is 50.1 Å². The van der Waals surface area contributed by atoms with Crippen LogP contribution < -0.4 is 5.32 Å². The molecule has 0 radical (unpaired) electrons. The van der Waals surface area contributed by atoms with Gasteiger partial charge in [-0.1, -0.05) is 12.1 Å². The Morgan fingerprint density at radius 3 is 3.18 bits per heavy atom. The molecule has 1 aromatic heterocycles. The molecule has 90 valence electrons. The molecule has 0 saturated carbocycles. The van der Waals surface area contributed by atoms with E-state index >= 15 is 0 Å². The van der Waals surface area contributed by atoms with Gasteiger partial charge >= 0.3 is 0 Å². The summed E-state index contributed by atoms with van der Waals surface area (Å²) in [5, 5.41) is 18.9. The van der Waals surface area contributed by atoms with Crippen LogP contribution in [0.3, 0.4) is 0 Å². The molecule has 2 aromatic rings. The number of hydrogen-bond acceptors (Lipinski definition) is 3. The highest BCUT2D eigenvalue weighted by Crippen LogP contribution is 2.27. The Morgan fingerprint density at radius 1 is 1.53 bits per heavy atom. The van der Waals surface area contributed by atoms with Crippen LogP contribution in [0.1, 0.15) is 12.1 Å². The molecule has 1 atom stereocenters. The molecule has 2 heterocycles. The van der Waals surface area contributed by atoms with Crippen LogP contribution in [0.5, 0.6) is 5.75 Å². The quantitative estimate of drug-likeness (QED) is 0.826. The Labute approximate surface area is 100 Å². The molecule has 1 aromatic carbocycles. The van der Waals surface area contributed by atoms with E-state index in [1.165, 1.54) is 6.42 Å². The lowest BCUT2D eigenvalue weighted by molar-refractivity contribution is 0.443. The van der Waals surface area contributed by atoms with Crippen molar-refractivity contribution in [1.29, 1.82) is 0 Å². The number of benzene rings is 1. The second-order valence-corrected chi connectivity index (χ2v) is 4.80. The monoisotopic (exact) mass is 231 g/mol. The zero-order valence-corrected chi connectivity index (χ0v) is 9.98. The second-order valence-electron chi connectivity index (χ2n) is 4.80. The molecule has 1 saturated heterocycles. The number of para-hydroxylation sites is 1. The smallest absolute Gasteiger partial charge is 0.141 e. The van der Waals surface area contributed by atoms with Crippen LogP contribution in [0.2, 0.25) is 0 Å². The molecule has 1 fully saturated rings. The summed E-state index contributed by atoms with van der Waals surface area (Å²) in [4.78, 5) is 0. The van der Waals surface area contributed by atoms with E-state index in [1.54, 1.807) is 6.07 Å². The molecule has 3 rings (SSSR count). The minimum absolute atomic E-state index is 0.328. The van der Waals surface area contributed by atoms with Crippen LogP contribution in [-0.2, 0) is 6.54 Å². The lowest BCUT2D eigenvalue weighted by Gasteiger charge is -2.09. The fourth-order valence-electron chi connectivity index (χ4n) is 2.63. The summed E-state index contributed by atoms with van der Waals surface area (Å²) < 4.78 is 1.96. The van der Waals surface area contributed by atoms with Crippen LogP contribution >= 0.6 is 0 Å². The van der Waals surface area contributed by atoms with Crippen molar-refractivity contribution in [3.63, 3.8) is 0 Å². The Bertz CT molecular complexity index is 541. The zero-order chi connectivity index (χ0) is 11.8. The van der Waals surface area contributed by atoms with Gasteiger partial charge in [0.2, 0.25) is 0 Å². The molecule has 4 nitrogen and oxygen atoms in total. The number of aromatic hydroxyl groups is 1. The van der Waals surface area contributed by atoms with E-state index in [-0.39, 0.29) is 0 Å². The summed E-state index contributed by atoms with van der Waals surface area (Å²) in [5.41, 5.74) is 1.86. The van der Waals surface area contributed by atoms with Crippen LogP contribution in [0, 0.1) is 12.8 Å². The maximum absolute atomic E-state index is 9.96. The van der Waals surface area contributed by atoms with Gasteiger partial charge in [-0.3, -0.25) is 4.68 Å². The van der Waals surface area contributed by atoms with E-state index in [0.29, 0.717) is 11.7 Å². The normalized spacial score (nSPS) is 20.2. The predicted octanol–water partition coefficient (Wildman–Crippen LogP) is 1.66. The van der Waals surface area contributed by atoms with Gasteiger partial charge in [0, 0.05) is 11.9 Å². The summed E-state index contributed by atoms with van der Waals surface area (Å²) in [7, 11) is 0. The largest absolute Gasteiger partial charge is 0.506 e. The van der Waals surface area contributed by atoms with E-state index in [4.69, 9.17) is 0 Å². The maximum Gasteiger partial charge on any atom is 0.141 e. The van der Waals surface area contributed by atoms with Crippen molar-refractivity contribution >= 4 is 10.9 Å². The molecular weight excluding hydrogens is 214 g/mol. The van der Waals surface area contributed by atoms with E-state index in [9.17, 15) is 5.11 Å². The minimum atomic E-state index is 0.328. The third-order valence-corrected chi connectivity index (χ3v) is 3.53. The van der Waals surface area contributed by atoms with Gasteiger partial charge in [-0.05, 0) is 38.4 Å². The highest BCUT2D eigenvalue weighted by molar-refractivity contribution is 5.86. The number of phenols is 1. The van der Waals surface area contributed by atoms with Gasteiger partial charge < -0.3 is 10.4 Å². The average Bonchev–Trinajstić information content (AvgIpc) is 2.90. The first-order valence-corrected chi connectivity index (χ1v) is 6.11. The number of nitrogens with one attached hydrogen (secondary N) is 1. The summed E-state index contributed by atoms with van der Waals surface area (Å²) in [5.74, 6) is 0.950. The first-order chi connectivity index (χ1) is 8.25. The van der Waals surface area contributed by atoms with Crippen LogP contribution in [0.15, 0.2) is 18.2 Å². The Morgan fingerprint density at radius 2 is 2.41 bits per heavy atom. The number of hydrogen-bond donors (Lipinski definition) is 2. The lowest BCUT2D eigenvalue weighted by atomic mass is 10.1. The summed E-state index contributed by atoms with van der Waals surface area (Å²) in [6, 6.07) is 5.61. The SMILES string of the molecule is Cc1nn(CC2CCNC2)c2c(O)cccc12. The van der Waals surface area contributed by atoms with Gasteiger partial charge in [-0.25, -0.2) is 0 Å². The van der Waals surface area contributed by atoms with Gasteiger partial charge in [-0.15, -0.1) is 0 Å². The third kappa shape index (κ3) is 1.78. The molecule has 1 aliphatic rings. The molecule has 1 unspecified atom stereocenters. The predicted molar refractivity (Wildman–Crippen MR) is 67.1 cm³/mol. The van der Waals surface area contributed by atoms with Gasteiger partial charge in [0.25, 0.3) is 0 Å². The fourth-order valence-corrected chi connectivity index (χ4v) is 2.63. The number of nitrogens with zero attached hydrogens (tertiary/aromatic N) is 2. The Hall–Kier alpha value is -1.55. The second kappa shape index (κ2) is 4.04. The van der Waals surface area contributed by atoms with Gasteiger partial charge in [0.1, 0.15) is 11.3 Å². The van der Waals surface area contributed by atoms with E-state index in [2.05, 4.69) is 10.4 Å². The number of phenolic OH excluding ortho intramolecular Hbond substituents is 1. The fraction of sp³-hybridized carbons (Fsp3) is 0.462. The Kier molecular flexibility index (Phi) is 2.52. The highest BCUT2D eigenvalue weighted by atomic mass is 16.3. The van der Waals surface area contributed by atoms with Crippen molar-refractivity contribution in [2.75, 3.05) is 13.1 Å². The van der Waals surface area contributed by atoms with E-state index < -0.39 is 0 Å². The number of aromatic nitrogens is 2. The van der Waals surface area contributed by atoms with Crippen molar-refractivity contribution in [1.82, 2.24) is 15.1 Å². The van der Waals surface area contributed by atoms with Crippen molar-refractivity contribution in [3.8, 4) is 5.75 Å².